The minimum Gasteiger partial charge on any atom is -0.364 e. The standard InChI is InChI=1S/C15H20N6O/c1-11-7-13(16-9-12-8-14(22)18-10-17-12)20-15(19-11)21-5-3-2-4-6-21/h7-8,10H,2-6,9H2,1H3,(H,16,19,20)(H,17,18,22). The second-order valence-electron chi connectivity index (χ2n) is 5.50. The van der Waals surface area contributed by atoms with Crippen molar-refractivity contribution in [3.8, 4) is 0 Å². The smallest absolute Gasteiger partial charge is 0.250 e. The minimum atomic E-state index is -0.153. The Morgan fingerprint density at radius 2 is 2.05 bits per heavy atom. The molecule has 0 atom stereocenters. The Morgan fingerprint density at radius 3 is 2.82 bits per heavy atom. The predicted octanol–water partition coefficient (Wildman–Crippen LogP) is 1.47. The van der Waals surface area contributed by atoms with Gasteiger partial charge in [-0.3, -0.25) is 4.79 Å². The molecule has 2 N–H and O–H groups in total. The van der Waals surface area contributed by atoms with Crippen molar-refractivity contribution in [2.75, 3.05) is 23.3 Å². The van der Waals surface area contributed by atoms with Crippen LogP contribution in [0.3, 0.4) is 0 Å². The lowest BCUT2D eigenvalue weighted by Crippen LogP contribution is -2.31. The normalized spacial score (nSPS) is 14.9. The van der Waals surface area contributed by atoms with Gasteiger partial charge in [-0.2, -0.15) is 4.98 Å². The van der Waals surface area contributed by atoms with E-state index < -0.39 is 0 Å². The summed E-state index contributed by atoms with van der Waals surface area (Å²) in [5, 5.41) is 3.22. The number of aromatic nitrogens is 4. The van der Waals surface area contributed by atoms with Crippen molar-refractivity contribution in [2.45, 2.75) is 32.7 Å². The highest BCUT2D eigenvalue weighted by atomic mass is 16.1. The van der Waals surface area contributed by atoms with Crippen molar-refractivity contribution in [1.29, 1.82) is 0 Å². The van der Waals surface area contributed by atoms with E-state index in [1.165, 1.54) is 31.7 Å². The van der Waals surface area contributed by atoms with Gasteiger partial charge in [-0.15, -0.1) is 0 Å². The molecule has 1 fully saturated rings. The van der Waals surface area contributed by atoms with Gasteiger partial charge in [-0.05, 0) is 26.2 Å². The fraction of sp³-hybridized carbons (Fsp3) is 0.467. The van der Waals surface area contributed by atoms with Gasteiger partial charge in [0, 0.05) is 30.9 Å². The van der Waals surface area contributed by atoms with E-state index in [0.717, 1.165) is 30.5 Å². The first-order chi connectivity index (χ1) is 10.7. The molecule has 7 heteroatoms. The third-order valence-corrected chi connectivity index (χ3v) is 3.67. The zero-order valence-corrected chi connectivity index (χ0v) is 12.7. The first-order valence-electron chi connectivity index (χ1n) is 7.59. The number of aryl methyl sites for hydroxylation is 1. The van der Waals surface area contributed by atoms with Crippen LogP contribution >= 0.6 is 0 Å². The number of hydrogen-bond acceptors (Lipinski definition) is 6. The second kappa shape index (κ2) is 6.55. The maximum Gasteiger partial charge on any atom is 0.250 e. The van der Waals surface area contributed by atoms with Crippen molar-refractivity contribution in [1.82, 2.24) is 19.9 Å². The fourth-order valence-electron chi connectivity index (χ4n) is 2.57. The molecule has 1 saturated heterocycles. The van der Waals surface area contributed by atoms with Gasteiger partial charge in [0.25, 0.3) is 5.56 Å². The highest BCUT2D eigenvalue weighted by molar-refractivity contribution is 5.44. The number of rotatable bonds is 4. The van der Waals surface area contributed by atoms with E-state index in [4.69, 9.17) is 0 Å². The van der Waals surface area contributed by atoms with E-state index in [2.05, 4.69) is 30.2 Å². The van der Waals surface area contributed by atoms with Gasteiger partial charge in [-0.1, -0.05) is 0 Å². The van der Waals surface area contributed by atoms with Gasteiger partial charge in [-0.25, -0.2) is 9.97 Å². The number of aromatic amines is 1. The number of H-pyrrole nitrogens is 1. The zero-order chi connectivity index (χ0) is 15.4. The molecule has 2 aromatic rings. The summed E-state index contributed by atoms with van der Waals surface area (Å²) in [6, 6.07) is 3.38. The molecule has 3 heterocycles. The molecule has 0 aromatic carbocycles. The summed E-state index contributed by atoms with van der Waals surface area (Å²) >= 11 is 0. The van der Waals surface area contributed by atoms with Crippen molar-refractivity contribution in [2.24, 2.45) is 0 Å². The SMILES string of the molecule is Cc1cc(NCc2cc(=O)[nH]cn2)nc(N2CCCCC2)n1. The van der Waals surface area contributed by atoms with Crippen LogP contribution in [0.2, 0.25) is 0 Å². The van der Waals surface area contributed by atoms with Crippen LogP contribution in [0.5, 0.6) is 0 Å². The monoisotopic (exact) mass is 300 g/mol. The number of nitrogens with one attached hydrogen (secondary N) is 2. The molecule has 3 rings (SSSR count). The van der Waals surface area contributed by atoms with Gasteiger partial charge in [0.2, 0.25) is 5.95 Å². The molecule has 0 radical (unpaired) electrons. The summed E-state index contributed by atoms with van der Waals surface area (Å²) in [5.74, 6) is 1.54. The molecule has 0 amide bonds. The zero-order valence-electron chi connectivity index (χ0n) is 12.7. The van der Waals surface area contributed by atoms with Gasteiger partial charge >= 0.3 is 0 Å². The molecule has 0 bridgehead atoms. The molecular formula is C15H20N6O. The van der Waals surface area contributed by atoms with Crippen LogP contribution in [0.15, 0.2) is 23.3 Å². The molecule has 22 heavy (non-hydrogen) atoms. The third-order valence-electron chi connectivity index (χ3n) is 3.67. The lowest BCUT2D eigenvalue weighted by Gasteiger charge is -2.27. The second-order valence-corrected chi connectivity index (χ2v) is 5.50. The van der Waals surface area contributed by atoms with Crippen molar-refractivity contribution >= 4 is 11.8 Å². The van der Waals surface area contributed by atoms with Crippen molar-refractivity contribution in [3.05, 3.63) is 40.2 Å². The van der Waals surface area contributed by atoms with Gasteiger partial charge in [0.15, 0.2) is 0 Å². The topological polar surface area (TPSA) is 86.8 Å². The van der Waals surface area contributed by atoms with Gasteiger partial charge in [0.1, 0.15) is 5.82 Å². The highest BCUT2D eigenvalue weighted by Gasteiger charge is 2.14. The number of nitrogens with zero attached hydrogens (tertiary/aromatic N) is 4. The predicted molar refractivity (Wildman–Crippen MR) is 85.0 cm³/mol. The lowest BCUT2D eigenvalue weighted by atomic mass is 10.1. The molecule has 0 saturated carbocycles. The molecule has 1 aliphatic rings. The van der Waals surface area contributed by atoms with Crippen LogP contribution in [0.1, 0.15) is 30.7 Å². The van der Waals surface area contributed by atoms with E-state index >= 15 is 0 Å². The van der Waals surface area contributed by atoms with Crippen LogP contribution in [-0.2, 0) is 6.54 Å². The summed E-state index contributed by atoms with van der Waals surface area (Å²) in [5.41, 5.74) is 1.45. The molecule has 7 nitrogen and oxygen atoms in total. The highest BCUT2D eigenvalue weighted by Crippen LogP contribution is 2.18. The Balaban J connectivity index is 1.73. The first kappa shape index (κ1) is 14.5. The largest absolute Gasteiger partial charge is 0.364 e. The summed E-state index contributed by atoms with van der Waals surface area (Å²) in [6.07, 6.45) is 5.07. The first-order valence-corrected chi connectivity index (χ1v) is 7.59. The van der Waals surface area contributed by atoms with Gasteiger partial charge < -0.3 is 15.2 Å². The van der Waals surface area contributed by atoms with E-state index in [9.17, 15) is 4.79 Å². The van der Waals surface area contributed by atoms with Crippen molar-refractivity contribution in [3.63, 3.8) is 0 Å². The van der Waals surface area contributed by atoms with E-state index in [-0.39, 0.29) is 5.56 Å². The average Bonchev–Trinajstić information content (AvgIpc) is 2.53. The summed E-state index contributed by atoms with van der Waals surface area (Å²) in [4.78, 5) is 29.2. The Labute approximate surface area is 128 Å². The van der Waals surface area contributed by atoms with Crippen LogP contribution in [0.4, 0.5) is 11.8 Å². The fourth-order valence-corrected chi connectivity index (χ4v) is 2.57. The summed E-state index contributed by atoms with van der Waals surface area (Å²) in [6.45, 7) is 4.45. The average molecular weight is 300 g/mol. The molecule has 0 spiro atoms. The molecule has 0 unspecified atom stereocenters. The molecule has 116 valence electrons. The third kappa shape index (κ3) is 3.60. The maximum atomic E-state index is 11.3. The Kier molecular flexibility index (Phi) is 4.32. The quantitative estimate of drug-likeness (QED) is 0.889. The van der Waals surface area contributed by atoms with Crippen LogP contribution in [-0.4, -0.2) is 33.0 Å². The maximum absolute atomic E-state index is 11.3. The van der Waals surface area contributed by atoms with E-state index in [1.807, 2.05) is 13.0 Å². The number of anilines is 2. The Morgan fingerprint density at radius 1 is 1.23 bits per heavy atom. The van der Waals surface area contributed by atoms with E-state index in [1.54, 1.807) is 0 Å². The van der Waals surface area contributed by atoms with Crippen molar-refractivity contribution < 1.29 is 0 Å². The van der Waals surface area contributed by atoms with E-state index in [0.29, 0.717) is 12.2 Å². The number of hydrogen-bond donors (Lipinski definition) is 2. The Bertz CT molecular complexity index is 692. The van der Waals surface area contributed by atoms with Crippen LogP contribution in [0.25, 0.3) is 0 Å². The lowest BCUT2D eigenvalue weighted by molar-refractivity contribution is 0.568. The molecule has 2 aromatic heterocycles. The van der Waals surface area contributed by atoms with Gasteiger partial charge in [0.05, 0.1) is 18.6 Å². The summed E-state index contributed by atoms with van der Waals surface area (Å²) < 4.78 is 0. The molecular weight excluding hydrogens is 280 g/mol. The minimum absolute atomic E-state index is 0.153. The van der Waals surface area contributed by atoms with Crippen LogP contribution in [0, 0.1) is 6.92 Å². The van der Waals surface area contributed by atoms with Crippen LogP contribution < -0.4 is 15.8 Å². The molecule has 1 aliphatic heterocycles. The molecule has 0 aliphatic carbocycles. The number of piperidine rings is 1. The Hall–Kier alpha value is -2.44. The summed E-state index contributed by atoms with van der Waals surface area (Å²) in [7, 11) is 0.